The van der Waals surface area contributed by atoms with Gasteiger partial charge in [-0.05, 0) is 25.7 Å². The average molecular weight is 464 g/mol. The molecule has 0 aliphatic carbocycles. The van der Waals surface area contributed by atoms with Crippen LogP contribution < -0.4 is 34.7 Å². The minimum absolute atomic E-state index is 0. The van der Waals surface area contributed by atoms with Crippen LogP contribution in [0.15, 0.2) is 0 Å². The molecule has 0 amide bonds. The van der Waals surface area contributed by atoms with Crippen LogP contribution in [0.2, 0.25) is 0 Å². The third-order valence-electron chi connectivity index (χ3n) is 4.09. The monoisotopic (exact) mass is 462 g/mol. The van der Waals surface area contributed by atoms with Crippen LogP contribution in [0.3, 0.4) is 0 Å². The Bertz CT molecular complexity index is 265. The zero-order valence-electron chi connectivity index (χ0n) is 15.1. The van der Waals surface area contributed by atoms with Crippen molar-refractivity contribution in [1.82, 2.24) is 0 Å². The summed E-state index contributed by atoms with van der Waals surface area (Å²) in [6.07, 6.45) is 16.2. The van der Waals surface area contributed by atoms with Gasteiger partial charge >= 0.3 is 29.6 Å². The van der Waals surface area contributed by atoms with Crippen LogP contribution in [0.5, 0.6) is 0 Å². The number of unbranched alkanes of at least 4 members (excludes halogenated alkanes) is 9. The molecule has 0 bridgehead atoms. The van der Waals surface area contributed by atoms with Gasteiger partial charge in [0.05, 0.1) is 0 Å². The van der Waals surface area contributed by atoms with Crippen LogP contribution in [0.4, 0.5) is 0 Å². The second-order valence-corrected chi connectivity index (χ2v) is 8.62. The van der Waals surface area contributed by atoms with E-state index >= 15 is 0 Å². The van der Waals surface area contributed by atoms with Crippen molar-refractivity contribution in [1.29, 1.82) is 0 Å². The summed E-state index contributed by atoms with van der Waals surface area (Å²) in [6, 6.07) is 0. The van der Waals surface area contributed by atoms with Crippen LogP contribution in [-0.4, -0.2) is 15.6 Å². The number of rotatable bonds is 16. The fraction of sp³-hybridized carbons (Fsp3) is 0.944. The quantitative estimate of drug-likeness (QED) is 0.200. The SMILES string of the molecule is CCCCCCCCC(Br)C(Br)CCCCCCCC(=O)[O-].[Na+]. The van der Waals surface area contributed by atoms with Crippen molar-refractivity contribution in [3.63, 3.8) is 0 Å². The number of carbonyl (C=O) groups is 1. The molecule has 0 aliphatic rings. The van der Waals surface area contributed by atoms with E-state index in [1.807, 2.05) is 0 Å². The van der Waals surface area contributed by atoms with Gasteiger partial charge in [0.25, 0.3) is 0 Å². The van der Waals surface area contributed by atoms with Crippen LogP contribution >= 0.6 is 31.9 Å². The van der Waals surface area contributed by atoms with Crippen molar-refractivity contribution in [3.8, 4) is 0 Å². The summed E-state index contributed by atoms with van der Waals surface area (Å²) in [5.41, 5.74) is 0. The maximum absolute atomic E-state index is 10.3. The van der Waals surface area contributed by atoms with Crippen molar-refractivity contribution in [2.24, 2.45) is 0 Å². The summed E-state index contributed by atoms with van der Waals surface area (Å²) in [5.74, 6) is -0.919. The number of halogens is 2. The molecule has 0 aliphatic heterocycles. The second kappa shape index (κ2) is 19.8. The molecule has 0 fully saturated rings. The first-order valence-electron chi connectivity index (χ1n) is 9.06. The molecule has 0 saturated carbocycles. The maximum atomic E-state index is 10.3. The third kappa shape index (κ3) is 19.6. The van der Waals surface area contributed by atoms with Gasteiger partial charge in [-0.2, -0.15) is 0 Å². The van der Waals surface area contributed by atoms with Gasteiger partial charge in [0.2, 0.25) is 0 Å². The van der Waals surface area contributed by atoms with Gasteiger partial charge in [-0.15, -0.1) is 0 Å². The van der Waals surface area contributed by atoms with Crippen molar-refractivity contribution >= 4 is 37.8 Å². The maximum Gasteiger partial charge on any atom is 1.00 e. The van der Waals surface area contributed by atoms with E-state index in [-0.39, 0.29) is 36.0 Å². The first-order chi connectivity index (χ1) is 10.6. The molecule has 0 radical (unpaired) electrons. The fourth-order valence-electron chi connectivity index (χ4n) is 2.62. The molecule has 2 nitrogen and oxygen atoms in total. The first kappa shape index (κ1) is 26.7. The van der Waals surface area contributed by atoms with Crippen molar-refractivity contribution in [2.75, 3.05) is 0 Å². The van der Waals surface area contributed by atoms with Gasteiger partial charge in [-0.1, -0.05) is 103 Å². The van der Waals surface area contributed by atoms with Crippen LogP contribution in [0.1, 0.15) is 96.8 Å². The molecule has 0 aromatic heterocycles. The molecule has 0 heterocycles. The predicted octanol–water partition coefficient (Wildman–Crippen LogP) is 2.75. The number of carbonyl (C=O) groups excluding carboxylic acids is 1. The summed E-state index contributed by atoms with van der Waals surface area (Å²) >= 11 is 7.62. The molecule has 23 heavy (non-hydrogen) atoms. The molecule has 0 aromatic rings. The summed E-state index contributed by atoms with van der Waals surface area (Å²) in [7, 11) is 0. The summed E-state index contributed by atoms with van der Waals surface area (Å²) in [4.78, 5) is 11.4. The number of alkyl halides is 2. The largest absolute Gasteiger partial charge is 1.00 e. The number of carboxylic acid groups (broad SMARTS) is 1. The molecule has 5 heteroatoms. The van der Waals surface area contributed by atoms with Gasteiger partial charge in [0.15, 0.2) is 0 Å². The van der Waals surface area contributed by atoms with Crippen molar-refractivity contribution in [3.05, 3.63) is 0 Å². The standard InChI is InChI=1S/C18H34Br2O2.Na/c1-2-3-4-5-7-10-13-16(19)17(20)14-11-8-6-9-12-15-18(21)22;/h16-17H,2-15H2,1H3,(H,21,22);/q;+1/p-1. The third-order valence-corrected chi connectivity index (χ3v) is 6.99. The van der Waals surface area contributed by atoms with Gasteiger partial charge in [0, 0.05) is 15.6 Å². The van der Waals surface area contributed by atoms with E-state index in [0.29, 0.717) is 9.65 Å². The van der Waals surface area contributed by atoms with E-state index < -0.39 is 5.97 Å². The summed E-state index contributed by atoms with van der Waals surface area (Å²) in [6.45, 7) is 2.26. The van der Waals surface area contributed by atoms with Crippen LogP contribution in [0, 0.1) is 0 Å². The minimum atomic E-state index is -0.919. The predicted molar refractivity (Wildman–Crippen MR) is 101 cm³/mol. The Morgan fingerprint density at radius 2 is 1.17 bits per heavy atom. The Kier molecular flexibility index (Phi) is 22.9. The van der Waals surface area contributed by atoms with Gasteiger partial charge in [-0.25, -0.2) is 0 Å². The van der Waals surface area contributed by atoms with Gasteiger partial charge in [-0.3, -0.25) is 0 Å². The van der Waals surface area contributed by atoms with Crippen LogP contribution in [0.25, 0.3) is 0 Å². The molecule has 0 N–H and O–H groups in total. The van der Waals surface area contributed by atoms with Crippen molar-refractivity contribution in [2.45, 2.75) is 106 Å². The van der Waals surface area contributed by atoms with Crippen molar-refractivity contribution < 1.29 is 39.5 Å². The Balaban J connectivity index is 0. The molecule has 0 spiro atoms. The van der Waals surface area contributed by atoms with E-state index in [0.717, 1.165) is 19.3 Å². The second-order valence-electron chi connectivity index (χ2n) is 6.27. The normalized spacial score (nSPS) is 13.3. The molecule has 2 unspecified atom stereocenters. The molecule has 132 valence electrons. The summed E-state index contributed by atoms with van der Waals surface area (Å²) < 4.78 is 0. The molecule has 2 atom stereocenters. The number of hydrogen-bond acceptors (Lipinski definition) is 2. The minimum Gasteiger partial charge on any atom is -0.550 e. The van der Waals surface area contributed by atoms with Gasteiger partial charge < -0.3 is 9.90 Å². The van der Waals surface area contributed by atoms with Gasteiger partial charge in [0.1, 0.15) is 0 Å². The Hall–Kier alpha value is 1.43. The smallest absolute Gasteiger partial charge is 0.550 e. The number of hydrogen-bond donors (Lipinski definition) is 0. The zero-order chi connectivity index (χ0) is 16.6. The summed E-state index contributed by atoms with van der Waals surface area (Å²) in [5, 5.41) is 10.3. The molecule has 0 aromatic carbocycles. The Labute approximate surface area is 182 Å². The van der Waals surface area contributed by atoms with E-state index in [1.54, 1.807) is 0 Å². The molecular formula is C18H33Br2NaO2. The Morgan fingerprint density at radius 3 is 1.61 bits per heavy atom. The zero-order valence-corrected chi connectivity index (χ0v) is 20.3. The topological polar surface area (TPSA) is 40.1 Å². The van der Waals surface area contributed by atoms with E-state index in [2.05, 4.69) is 38.8 Å². The Morgan fingerprint density at radius 1 is 0.783 bits per heavy atom. The molecular weight excluding hydrogens is 431 g/mol. The number of aliphatic carboxylic acids is 1. The van der Waals surface area contributed by atoms with E-state index in [4.69, 9.17) is 0 Å². The fourth-order valence-corrected chi connectivity index (χ4v) is 3.80. The van der Waals surface area contributed by atoms with E-state index in [9.17, 15) is 9.90 Å². The van der Waals surface area contributed by atoms with Crippen LogP contribution in [-0.2, 0) is 4.79 Å². The molecule has 0 rings (SSSR count). The molecule has 0 saturated heterocycles. The van der Waals surface area contributed by atoms with E-state index in [1.165, 1.54) is 64.2 Å². The number of carboxylic acids is 1. The first-order valence-corrected chi connectivity index (χ1v) is 10.9. The average Bonchev–Trinajstić information content (AvgIpc) is 2.49.